The van der Waals surface area contributed by atoms with Gasteiger partial charge >= 0.3 is 0 Å². The Morgan fingerprint density at radius 1 is 0.364 bits per heavy atom. The van der Waals surface area contributed by atoms with Gasteiger partial charge in [-0.2, -0.15) is 11.8 Å². The number of unbranched alkanes of at least 4 members (excludes halogenated alkanes) is 15. The van der Waals surface area contributed by atoms with Crippen molar-refractivity contribution in [2.45, 2.75) is 123 Å². The van der Waals surface area contributed by atoms with E-state index in [0.717, 1.165) is 0 Å². The molecule has 22 heavy (non-hydrogen) atoms. The molecule has 1 heteroatoms. The van der Waals surface area contributed by atoms with E-state index in [4.69, 9.17) is 0 Å². The third-order valence-electron chi connectivity index (χ3n) is 4.53. The van der Waals surface area contributed by atoms with Crippen molar-refractivity contribution in [3.8, 4) is 0 Å². The van der Waals surface area contributed by atoms with Crippen molar-refractivity contribution in [3.05, 3.63) is 0 Å². The molecule has 0 atom stereocenters. The molecular weight excluding hydrogens is 284 g/mol. The monoisotopic (exact) mass is 328 g/mol. The maximum atomic E-state index is 2.30. The fraction of sp³-hybridized carbons (Fsp3) is 1.00. The van der Waals surface area contributed by atoms with Crippen molar-refractivity contribution in [1.29, 1.82) is 0 Å². The lowest BCUT2D eigenvalue weighted by atomic mass is 10.1. The molecule has 0 aliphatic rings. The largest absolute Gasteiger partial charge is 0.162 e. The topological polar surface area (TPSA) is 0 Å². The molecule has 0 amide bonds. The lowest BCUT2D eigenvalue weighted by Crippen LogP contribution is -1.87. The van der Waals surface area contributed by atoms with Crippen LogP contribution in [-0.2, 0) is 0 Å². The third kappa shape index (κ3) is 20.3. The van der Waals surface area contributed by atoms with Crippen LogP contribution in [0.2, 0.25) is 0 Å². The van der Waals surface area contributed by atoms with Crippen LogP contribution in [-0.4, -0.2) is 11.5 Å². The molecule has 0 heterocycles. The minimum atomic E-state index is 1.37. The highest BCUT2D eigenvalue weighted by Crippen LogP contribution is 2.14. The van der Waals surface area contributed by atoms with Crippen molar-refractivity contribution in [2.24, 2.45) is 0 Å². The summed E-state index contributed by atoms with van der Waals surface area (Å²) in [6.45, 7) is 4.59. The van der Waals surface area contributed by atoms with Crippen molar-refractivity contribution in [3.63, 3.8) is 0 Å². The molecule has 0 rings (SSSR count). The van der Waals surface area contributed by atoms with Crippen LogP contribution in [0.25, 0.3) is 0 Å². The van der Waals surface area contributed by atoms with Gasteiger partial charge in [-0.1, -0.05) is 110 Å². The molecule has 0 bridgehead atoms. The Labute approximate surface area is 146 Å². The van der Waals surface area contributed by atoms with E-state index in [1.165, 1.54) is 121 Å². The predicted octanol–water partition coefficient (Wildman–Crippen LogP) is 8.39. The van der Waals surface area contributed by atoms with Gasteiger partial charge in [0.05, 0.1) is 0 Å². The Morgan fingerprint density at radius 3 is 0.955 bits per heavy atom. The molecule has 0 aliphatic heterocycles. The molecule has 0 saturated heterocycles. The summed E-state index contributed by atoms with van der Waals surface area (Å²) < 4.78 is 0. The lowest BCUT2D eigenvalue weighted by Gasteiger charge is -2.03. The average Bonchev–Trinajstić information content (AvgIpc) is 2.54. The summed E-state index contributed by atoms with van der Waals surface area (Å²) in [5.41, 5.74) is 0. The fourth-order valence-electron chi connectivity index (χ4n) is 2.95. The Balaban J connectivity index is 2.91. The van der Waals surface area contributed by atoms with E-state index in [9.17, 15) is 0 Å². The van der Waals surface area contributed by atoms with Crippen molar-refractivity contribution in [2.75, 3.05) is 11.5 Å². The zero-order chi connectivity index (χ0) is 16.1. The van der Waals surface area contributed by atoms with Gasteiger partial charge in [-0.3, -0.25) is 0 Å². The maximum absolute atomic E-state index is 2.30. The first kappa shape index (κ1) is 22.4. The molecule has 0 aromatic heterocycles. The first-order valence-electron chi connectivity index (χ1n) is 10.5. The van der Waals surface area contributed by atoms with Crippen LogP contribution in [0.4, 0.5) is 0 Å². The van der Waals surface area contributed by atoms with E-state index in [0.29, 0.717) is 0 Å². The van der Waals surface area contributed by atoms with Gasteiger partial charge in [-0.25, -0.2) is 0 Å². The van der Waals surface area contributed by atoms with Crippen LogP contribution in [0, 0.1) is 0 Å². The van der Waals surface area contributed by atoms with Gasteiger partial charge in [0.15, 0.2) is 0 Å². The number of hydrogen-bond acceptors (Lipinski definition) is 1. The van der Waals surface area contributed by atoms with Gasteiger partial charge in [0, 0.05) is 0 Å². The van der Waals surface area contributed by atoms with Crippen LogP contribution in [0.3, 0.4) is 0 Å². The summed E-state index contributed by atoms with van der Waals surface area (Å²) in [7, 11) is 0. The highest BCUT2D eigenvalue weighted by Gasteiger charge is 1.94. The first-order chi connectivity index (χ1) is 10.9. The molecule has 0 saturated carbocycles. The summed E-state index contributed by atoms with van der Waals surface area (Å²) in [6, 6.07) is 0. The number of rotatable bonds is 19. The summed E-state index contributed by atoms with van der Waals surface area (Å²) in [5.74, 6) is 2.82. The quantitative estimate of drug-likeness (QED) is 0.214. The molecule has 0 aliphatic carbocycles. The van der Waals surface area contributed by atoms with Crippen LogP contribution in [0.1, 0.15) is 123 Å². The highest BCUT2D eigenvalue weighted by atomic mass is 32.2. The zero-order valence-electron chi connectivity index (χ0n) is 15.8. The standard InChI is InChI=1S/C21H44S/c1-3-5-7-9-11-12-13-14-15-17-19-21-22-20-18-16-10-8-6-4-2/h3-21H2,1-2H3. The van der Waals surface area contributed by atoms with E-state index < -0.39 is 0 Å². The molecule has 134 valence electrons. The summed E-state index contributed by atoms with van der Waals surface area (Å²) >= 11 is 2.20. The minimum Gasteiger partial charge on any atom is -0.162 e. The second-order valence-corrected chi connectivity index (χ2v) is 8.14. The second-order valence-electron chi connectivity index (χ2n) is 6.92. The summed E-state index contributed by atoms with van der Waals surface area (Å²) in [5, 5.41) is 0. The van der Waals surface area contributed by atoms with Crippen molar-refractivity contribution >= 4 is 11.8 Å². The molecule has 0 nitrogen and oxygen atoms in total. The van der Waals surface area contributed by atoms with Gasteiger partial charge in [-0.15, -0.1) is 0 Å². The van der Waals surface area contributed by atoms with Gasteiger partial charge in [0.1, 0.15) is 0 Å². The molecule has 0 unspecified atom stereocenters. The number of hydrogen-bond donors (Lipinski definition) is 0. The fourth-order valence-corrected chi connectivity index (χ4v) is 3.98. The Morgan fingerprint density at radius 2 is 0.636 bits per heavy atom. The van der Waals surface area contributed by atoms with Gasteiger partial charge < -0.3 is 0 Å². The summed E-state index contributed by atoms with van der Waals surface area (Å²) in [4.78, 5) is 0. The van der Waals surface area contributed by atoms with Crippen LogP contribution >= 0.6 is 11.8 Å². The maximum Gasteiger partial charge on any atom is -0.00675 e. The van der Waals surface area contributed by atoms with Gasteiger partial charge in [-0.05, 0) is 24.3 Å². The van der Waals surface area contributed by atoms with E-state index in [2.05, 4.69) is 25.6 Å². The SMILES string of the molecule is CCCCCCCCCCCCCSCCCCCCCC. The van der Waals surface area contributed by atoms with Crippen LogP contribution in [0.15, 0.2) is 0 Å². The molecule has 0 aromatic carbocycles. The van der Waals surface area contributed by atoms with E-state index in [1.807, 2.05) is 0 Å². The van der Waals surface area contributed by atoms with E-state index >= 15 is 0 Å². The van der Waals surface area contributed by atoms with Crippen molar-refractivity contribution < 1.29 is 0 Å². The second kappa shape index (κ2) is 21.4. The lowest BCUT2D eigenvalue weighted by molar-refractivity contribution is 0.555. The Kier molecular flexibility index (Phi) is 21.7. The molecule has 0 radical (unpaired) electrons. The number of thioether (sulfide) groups is 1. The first-order valence-corrected chi connectivity index (χ1v) is 11.6. The highest BCUT2D eigenvalue weighted by molar-refractivity contribution is 7.99. The average molecular weight is 329 g/mol. The molecule has 0 aromatic rings. The van der Waals surface area contributed by atoms with Gasteiger partial charge in [0.2, 0.25) is 0 Å². The minimum absolute atomic E-state index is 1.37. The predicted molar refractivity (Wildman–Crippen MR) is 107 cm³/mol. The molecule has 0 fully saturated rings. The third-order valence-corrected chi connectivity index (χ3v) is 5.69. The molecular formula is C21H44S. The smallest absolute Gasteiger partial charge is 0.00675 e. The van der Waals surface area contributed by atoms with Gasteiger partial charge in [0.25, 0.3) is 0 Å². The molecule has 0 spiro atoms. The Hall–Kier alpha value is 0.350. The van der Waals surface area contributed by atoms with Crippen LogP contribution < -0.4 is 0 Å². The summed E-state index contributed by atoms with van der Waals surface area (Å²) in [6.07, 6.45) is 24.7. The van der Waals surface area contributed by atoms with Crippen LogP contribution in [0.5, 0.6) is 0 Å². The zero-order valence-corrected chi connectivity index (χ0v) is 16.7. The normalized spacial score (nSPS) is 11.2. The van der Waals surface area contributed by atoms with E-state index in [1.54, 1.807) is 0 Å². The molecule has 0 N–H and O–H groups in total. The van der Waals surface area contributed by atoms with E-state index in [-0.39, 0.29) is 0 Å². The van der Waals surface area contributed by atoms with Crippen molar-refractivity contribution in [1.82, 2.24) is 0 Å². The Bertz CT molecular complexity index is 159.